The first-order valence-electron chi connectivity index (χ1n) is 15.6. The van der Waals surface area contributed by atoms with Crippen LogP contribution in [-0.4, -0.2) is 40.2 Å². The molecule has 0 bridgehead atoms. The average Bonchev–Trinajstić information content (AvgIpc) is 3.27. The Morgan fingerprint density at radius 1 is 1.05 bits per heavy atom. The van der Waals surface area contributed by atoms with Crippen LogP contribution in [-0.2, 0) is 14.2 Å². The number of nitrogens with zero attached hydrogens (tertiary/aromatic N) is 2. The van der Waals surface area contributed by atoms with Crippen LogP contribution in [0.5, 0.6) is 5.75 Å². The number of fused-ring (bicyclic) bond motifs is 3. The van der Waals surface area contributed by atoms with Crippen LogP contribution in [0.15, 0.2) is 78.0 Å². The second-order valence-corrected chi connectivity index (χ2v) is 12.7. The maximum Gasteiger partial charge on any atom is 0.455 e. The topological polar surface area (TPSA) is 100.0 Å². The third-order valence-electron chi connectivity index (χ3n) is 9.48. The first-order valence-corrected chi connectivity index (χ1v) is 15.6. The summed E-state index contributed by atoms with van der Waals surface area (Å²) in [4.78, 5) is 33.7. The number of phenols is 1. The molecule has 3 heterocycles. The number of aryl methyl sites for hydroxylation is 2. The molecule has 2 saturated heterocycles. The molecule has 8 heteroatoms. The van der Waals surface area contributed by atoms with Gasteiger partial charge in [-0.2, -0.15) is 0 Å². The van der Waals surface area contributed by atoms with E-state index in [1.807, 2.05) is 62.4 Å². The van der Waals surface area contributed by atoms with Crippen molar-refractivity contribution in [2.75, 3.05) is 4.90 Å². The van der Waals surface area contributed by atoms with Crippen molar-refractivity contribution in [3.8, 4) is 5.75 Å². The van der Waals surface area contributed by atoms with Gasteiger partial charge in [0.2, 0.25) is 11.8 Å². The highest BCUT2D eigenvalue weighted by Gasteiger charge is 2.57. The number of hydrogen-bond donors (Lipinski definition) is 2. The van der Waals surface area contributed by atoms with Crippen molar-refractivity contribution in [2.45, 2.75) is 59.4 Å². The number of amides is 2. The molecule has 44 heavy (non-hydrogen) atoms. The maximum atomic E-state index is 14.0. The molecular formula is C36H39BN2O5. The standard InChI is InChI=1S/C36H39BN2O5/c1-21(2)27-19-28-33(36(42)39(35(28)41)26-10-6-5-7-11-26)29-20-37(43)44-31(32(27)29)14-13-25(30-12-8-9-15-38-30)18-24-16-22(3)34(40)23(4)17-24/h5-12,15-18,21,28-29,31,33,40,43H,13-14,19-20H2,1-4H3/b25-18-/t28-,29+,31-,33-/m1/s1. The summed E-state index contributed by atoms with van der Waals surface area (Å²) in [5, 5.41) is 21.3. The van der Waals surface area contributed by atoms with Gasteiger partial charge in [-0.1, -0.05) is 43.7 Å². The Morgan fingerprint density at radius 2 is 1.75 bits per heavy atom. The van der Waals surface area contributed by atoms with Crippen LogP contribution in [0.3, 0.4) is 0 Å². The van der Waals surface area contributed by atoms with E-state index in [0.29, 0.717) is 37.0 Å². The number of carbonyl (C=O) groups excluding carboxylic acids is 2. The molecule has 3 aliphatic rings. The molecule has 1 aliphatic carbocycles. The highest BCUT2D eigenvalue weighted by molar-refractivity contribution is 6.43. The fourth-order valence-electron chi connectivity index (χ4n) is 7.47. The van der Waals surface area contributed by atoms with Gasteiger partial charge in [-0.3, -0.25) is 19.5 Å². The van der Waals surface area contributed by atoms with Crippen LogP contribution in [0.25, 0.3) is 11.6 Å². The molecule has 0 radical (unpaired) electrons. The Balaban J connectivity index is 1.35. The molecule has 4 atom stereocenters. The Hall–Kier alpha value is -4.01. The Labute approximate surface area is 259 Å². The number of hydrogen-bond acceptors (Lipinski definition) is 6. The van der Waals surface area contributed by atoms with Crippen molar-refractivity contribution in [1.29, 1.82) is 0 Å². The lowest BCUT2D eigenvalue weighted by Crippen LogP contribution is -2.46. The maximum absolute atomic E-state index is 14.0. The van der Waals surface area contributed by atoms with E-state index in [-0.39, 0.29) is 23.7 Å². The Morgan fingerprint density at radius 3 is 2.41 bits per heavy atom. The number of allylic oxidation sites excluding steroid dienone is 2. The van der Waals surface area contributed by atoms with E-state index in [4.69, 9.17) is 4.65 Å². The second-order valence-electron chi connectivity index (χ2n) is 12.7. The average molecular weight is 591 g/mol. The number of phenolic OH excluding ortho intramolecular Hbond substituents is 1. The lowest BCUT2D eigenvalue weighted by Gasteiger charge is -2.44. The monoisotopic (exact) mass is 590 g/mol. The predicted octanol–water partition coefficient (Wildman–Crippen LogP) is 6.38. The molecule has 0 saturated carbocycles. The van der Waals surface area contributed by atoms with E-state index in [1.165, 1.54) is 4.90 Å². The minimum Gasteiger partial charge on any atom is -0.507 e. The lowest BCUT2D eigenvalue weighted by molar-refractivity contribution is -0.122. The molecule has 0 unspecified atom stereocenters. The van der Waals surface area contributed by atoms with Crippen LogP contribution >= 0.6 is 0 Å². The van der Waals surface area contributed by atoms with Crippen molar-refractivity contribution < 1.29 is 24.4 Å². The van der Waals surface area contributed by atoms with Crippen molar-refractivity contribution in [2.24, 2.45) is 23.7 Å². The zero-order chi connectivity index (χ0) is 31.1. The number of anilines is 1. The molecule has 1 aromatic heterocycles. The van der Waals surface area contributed by atoms with Crippen molar-refractivity contribution in [3.63, 3.8) is 0 Å². The van der Waals surface area contributed by atoms with Gasteiger partial charge in [-0.15, -0.1) is 0 Å². The number of benzene rings is 2. The van der Waals surface area contributed by atoms with Crippen molar-refractivity contribution in [3.05, 3.63) is 100 Å². The molecule has 2 aliphatic heterocycles. The molecular weight excluding hydrogens is 551 g/mol. The SMILES string of the molecule is Cc1cc(/C=C(/CC[C@H]2OB(O)C[C@H]3C2=C(C(C)C)C[C@H]2C(=O)N(c4ccccc4)C(=O)[C@H]23)c2ccccn2)cc(C)c1O. The molecule has 0 spiro atoms. The number of carbonyl (C=O) groups is 2. The second kappa shape index (κ2) is 12.2. The van der Waals surface area contributed by atoms with E-state index >= 15 is 0 Å². The normalized spacial score (nSPS) is 23.8. The van der Waals surface area contributed by atoms with E-state index in [0.717, 1.165) is 39.1 Å². The van der Waals surface area contributed by atoms with Crippen LogP contribution < -0.4 is 4.90 Å². The summed E-state index contributed by atoms with van der Waals surface area (Å²) >= 11 is 0. The van der Waals surface area contributed by atoms with Gasteiger partial charge in [0, 0.05) is 6.20 Å². The lowest BCUT2D eigenvalue weighted by atomic mass is 9.57. The summed E-state index contributed by atoms with van der Waals surface area (Å²) in [5.74, 6) is -1.10. The summed E-state index contributed by atoms with van der Waals surface area (Å²) in [5.41, 5.74) is 7.29. The van der Waals surface area contributed by atoms with Crippen molar-refractivity contribution >= 4 is 36.3 Å². The molecule has 6 rings (SSSR count). The Kier molecular flexibility index (Phi) is 8.31. The number of aromatic hydroxyl groups is 1. The summed E-state index contributed by atoms with van der Waals surface area (Å²) in [6.07, 6.45) is 5.49. The Bertz CT molecular complexity index is 1610. The first kappa shape index (κ1) is 30.0. The van der Waals surface area contributed by atoms with Gasteiger partial charge in [-0.05, 0) is 122 Å². The fraction of sp³-hybridized carbons (Fsp3) is 0.361. The molecule has 2 fully saturated rings. The largest absolute Gasteiger partial charge is 0.507 e. The van der Waals surface area contributed by atoms with Crippen LogP contribution in [0.2, 0.25) is 6.32 Å². The number of aromatic nitrogens is 1. The van der Waals surface area contributed by atoms with E-state index in [9.17, 15) is 19.7 Å². The van der Waals surface area contributed by atoms with E-state index < -0.39 is 25.1 Å². The number of imide groups is 1. The summed E-state index contributed by atoms with van der Waals surface area (Å²) in [6, 6.07) is 18.9. The van der Waals surface area contributed by atoms with E-state index in [1.54, 1.807) is 18.3 Å². The third-order valence-corrected chi connectivity index (χ3v) is 9.48. The number of para-hydroxylation sites is 1. The highest BCUT2D eigenvalue weighted by Crippen LogP contribution is 2.52. The van der Waals surface area contributed by atoms with Gasteiger partial charge in [0.05, 0.1) is 29.3 Å². The smallest absolute Gasteiger partial charge is 0.455 e. The van der Waals surface area contributed by atoms with Gasteiger partial charge < -0.3 is 14.8 Å². The van der Waals surface area contributed by atoms with Gasteiger partial charge in [0.15, 0.2) is 0 Å². The fourth-order valence-corrected chi connectivity index (χ4v) is 7.47. The summed E-state index contributed by atoms with van der Waals surface area (Å²) < 4.78 is 6.26. The molecule has 226 valence electrons. The molecule has 7 nitrogen and oxygen atoms in total. The van der Waals surface area contributed by atoms with E-state index in [2.05, 4.69) is 24.9 Å². The van der Waals surface area contributed by atoms with Gasteiger partial charge >= 0.3 is 7.12 Å². The zero-order valence-corrected chi connectivity index (χ0v) is 25.7. The minimum atomic E-state index is -1.03. The van der Waals surface area contributed by atoms with Crippen molar-refractivity contribution in [1.82, 2.24) is 4.98 Å². The number of rotatable bonds is 7. The van der Waals surface area contributed by atoms with Crippen LogP contribution in [0, 0.1) is 37.5 Å². The zero-order valence-electron chi connectivity index (χ0n) is 25.7. The quantitative estimate of drug-likeness (QED) is 0.188. The molecule has 2 aromatic carbocycles. The number of pyridine rings is 1. The summed E-state index contributed by atoms with van der Waals surface area (Å²) in [7, 11) is -1.03. The van der Waals surface area contributed by atoms with Gasteiger partial charge in [-0.25, -0.2) is 0 Å². The summed E-state index contributed by atoms with van der Waals surface area (Å²) in [6.45, 7) is 8.04. The van der Waals surface area contributed by atoms with Gasteiger partial charge in [0.1, 0.15) is 5.75 Å². The highest BCUT2D eigenvalue weighted by atomic mass is 16.5. The molecule has 2 N–H and O–H groups in total. The molecule has 3 aromatic rings. The molecule has 2 amide bonds. The van der Waals surface area contributed by atoms with Crippen LogP contribution in [0.1, 0.15) is 55.5 Å². The first-order chi connectivity index (χ1) is 21.1. The predicted molar refractivity (Wildman–Crippen MR) is 172 cm³/mol. The third kappa shape index (κ3) is 5.53. The van der Waals surface area contributed by atoms with Crippen LogP contribution in [0.4, 0.5) is 5.69 Å². The van der Waals surface area contributed by atoms with Gasteiger partial charge in [0.25, 0.3) is 0 Å². The minimum absolute atomic E-state index is 0.152.